The van der Waals surface area contributed by atoms with Crippen LogP contribution >= 0.6 is 0 Å². The molecule has 2 aliphatic rings. The molecule has 2 aliphatic heterocycles. The van der Waals surface area contributed by atoms with Crippen LogP contribution in [0.15, 0.2) is 12.1 Å². The van der Waals surface area contributed by atoms with Crippen LogP contribution in [0.25, 0.3) is 0 Å². The molecule has 0 aliphatic carbocycles. The van der Waals surface area contributed by atoms with E-state index in [1.54, 1.807) is 0 Å². The predicted molar refractivity (Wildman–Crippen MR) is 76.4 cm³/mol. The van der Waals surface area contributed by atoms with E-state index in [-0.39, 0.29) is 18.4 Å². The van der Waals surface area contributed by atoms with Gasteiger partial charge in [0.2, 0.25) is 0 Å². The molecule has 2 saturated heterocycles. The summed E-state index contributed by atoms with van der Waals surface area (Å²) in [5, 5.41) is 9.57. The Hall–Kier alpha value is -1.21. The Bertz CT molecular complexity index is 658. The maximum atomic E-state index is 13.9. The zero-order chi connectivity index (χ0) is 16.1. The summed E-state index contributed by atoms with van der Waals surface area (Å²) in [7, 11) is -2.09. The molecule has 2 unspecified atom stereocenters. The van der Waals surface area contributed by atoms with E-state index < -0.39 is 43.3 Å². The highest BCUT2D eigenvalue weighted by Gasteiger charge is 2.51. The Morgan fingerprint density at radius 1 is 1.18 bits per heavy atom. The Kier molecular flexibility index (Phi) is 3.68. The summed E-state index contributed by atoms with van der Waals surface area (Å²) in [4.78, 5) is 0. The fourth-order valence-corrected chi connectivity index (χ4v) is 6.26. The summed E-state index contributed by atoms with van der Waals surface area (Å²) in [6, 6.07) is 2.07. The molecule has 2 atom stereocenters. The second-order valence-corrected chi connectivity index (χ2v) is 8.69. The molecule has 2 heterocycles. The first kappa shape index (κ1) is 15.7. The third kappa shape index (κ3) is 2.31. The zero-order valence-corrected chi connectivity index (χ0v) is 13.0. The Labute approximate surface area is 128 Å². The number of benzene rings is 1. The molecule has 4 nitrogen and oxygen atoms in total. The van der Waals surface area contributed by atoms with E-state index in [1.165, 1.54) is 0 Å². The lowest BCUT2D eigenvalue weighted by molar-refractivity contribution is 0.00438. The lowest BCUT2D eigenvalue weighted by atomic mass is 9.80. The van der Waals surface area contributed by atoms with E-state index in [4.69, 9.17) is 0 Å². The monoisotopic (exact) mass is 332 g/mol. The maximum Gasteiger partial charge on any atom is 0.190 e. The van der Waals surface area contributed by atoms with Crippen LogP contribution < -0.4 is 4.74 Å². The smallest absolute Gasteiger partial charge is 0.190 e. The minimum atomic E-state index is -3.25. The van der Waals surface area contributed by atoms with Gasteiger partial charge >= 0.3 is 0 Å². The highest BCUT2D eigenvalue weighted by atomic mass is 32.2. The topological polar surface area (TPSA) is 63.6 Å². The zero-order valence-electron chi connectivity index (χ0n) is 12.2. The van der Waals surface area contributed by atoms with Gasteiger partial charge in [0.1, 0.15) is 0 Å². The van der Waals surface area contributed by atoms with Crippen molar-refractivity contribution < 1.29 is 27.0 Å². The van der Waals surface area contributed by atoms with Gasteiger partial charge in [-0.05, 0) is 43.4 Å². The molecule has 0 aromatic heterocycles. The second-order valence-electron chi connectivity index (χ2n) is 6.18. The van der Waals surface area contributed by atoms with Crippen molar-refractivity contribution in [3.8, 4) is 5.75 Å². The van der Waals surface area contributed by atoms with Crippen molar-refractivity contribution in [2.75, 3.05) is 7.11 Å². The maximum absolute atomic E-state index is 13.9. The predicted octanol–water partition coefficient (Wildman–Crippen LogP) is 2.29. The van der Waals surface area contributed by atoms with Crippen LogP contribution in [0, 0.1) is 11.6 Å². The summed E-state index contributed by atoms with van der Waals surface area (Å²) >= 11 is 0. The molecule has 2 fully saturated rings. The first-order valence-electron chi connectivity index (χ1n) is 7.26. The number of halogens is 2. The molecule has 3 rings (SSSR count). The molecule has 0 spiro atoms. The van der Waals surface area contributed by atoms with Crippen molar-refractivity contribution in [2.24, 2.45) is 0 Å². The van der Waals surface area contributed by atoms with E-state index in [0.717, 1.165) is 25.7 Å². The number of ether oxygens (including phenoxy) is 1. The number of fused-ring (bicyclic) bond motifs is 2. The van der Waals surface area contributed by atoms with Crippen molar-refractivity contribution >= 4 is 9.84 Å². The van der Waals surface area contributed by atoms with Crippen LogP contribution in [0.4, 0.5) is 8.78 Å². The van der Waals surface area contributed by atoms with Crippen LogP contribution in [0.2, 0.25) is 0 Å². The Morgan fingerprint density at radius 3 is 2.14 bits per heavy atom. The summed E-state index contributed by atoms with van der Waals surface area (Å²) in [6.45, 7) is 0. The molecule has 7 heteroatoms. The van der Waals surface area contributed by atoms with Gasteiger partial charge in [0, 0.05) is 0 Å². The van der Waals surface area contributed by atoms with E-state index in [0.29, 0.717) is 12.8 Å². The lowest BCUT2D eigenvalue weighted by Gasteiger charge is -2.44. The quantitative estimate of drug-likeness (QED) is 0.902. The van der Waals surface area contributed by atoms with E-state index >= 15 is 0 Å². The SMILES string of the molecule is COc1c(F)cc(C2(O)CC3CCCC(C2)S3(=O)=O)cc1F. The van der Waals surface area contributed by atoms with Crippen molar-refractivity contribution in [1.82, 2.24) is 0 Å². The second kappa shape index (κ2) is 5.16. The molecular weight excluding hydrogens is 314 g/mol. The van der Waals surface area contributed by atoms with E-state index in [2.05, 4.69) is 4.74 Å². The number of rotatable bonds is 2. The number of hydrogen-bond donors (Lipinski definition) is 1. The van der Waals surface area contributed by atoms with Gasteiger partial charge in [-0.15, -0.1) is 0 Å². The number of hydrogen-bond acceptors (Lipinski definition) is 4. The standard InChI is InChI=1S/C15H18F2O4S/c1-21-14-12(16)5-9(6-13(14)17)15(18)7-10-3-2-4-11(8-15)22(10,19)20/h5-6,10-11,18H,2-4,7-8H2,1H3. The first-order chi connectivity index (χ1) is 10.3. The molecule has 1 aromatic carbocycles. The van der Waals surface area contributed by atoms with Gasteiger partial charge in [0.05, 0.1) is 23.2 Å². The molecular formula is C15H18F2O4S. The van der Waals surface area contributed by atoms with Gasteiger partial charge in [0.15, 0.2) is 27.2 Å². The van der Waals surface area contributed by atoms with Gasteiger partial charge < -0.3 is 9.84 Å². The fourth-order valence-electron chi connectivity index (χ4n) is 3.71. The van der Waals surface area contributed by atoms with Crippen LogP contribution in [-0.2, 0) is 15.4 Å². The highest BCUT2D eigenvalue weighted by Crippen LogP contribution is 2.46. The van der Waals surface area contributed by atoms with Gasteiger partial charge in [0.25, 0.3) is 0 Å². The largest absolute Gasteiger partial charge is 0.491 e. The van der Waals surface area contributed by atoms with Crippen LogP contribution in [0.1, 0.15) is 37.7 Å². The van der Waals surface area contributed by atoms with Crippen molar-refractivity contribution in [2.45, 2.75) is 48.2 Å². The Morgan fingerprint density at radius 2 is 1.68 bits per heavy atom. The highest BCUT2D eigenvalue weighted by molar-refractivity contribution is 7.92. The summed E-state index contributed by atoms with van der Waals surface area (Å²) in [6.07, 6.45) is 1.74. The summed E-state index contributed by atoms with van der Waals surface area (Å²) in [5.74, 6) is -2.30. The first-order valence-corrected chi connectivity index (χ1v) is 8.87. The molecule has 2 bridgehead atoms. The van der Waals surface area contributed by atoms with Crippen LogP contribution in [0.5, 0.6) is 5.75 Å². The lowest BCUT2D eigenvalue weighted by Crippen LogP contribution is -2.50. The van der Waals surface area contributed by atoms with Gasteiger partial charge in [-0.1, -0.05) is 6.42 Å². The average molecular weight is 332 g/mol. The van der Waals surface area contributed by atoms with Crippen LogP contribution in [-0.4, -0.2) is 31.1 Å². The van der Waals surface area contributed by atoms with Gasteiger partial charge in [-0.25, -0.2) is 17.2 Å². The minimum absolute atomic E-state index is 0.0168. The molecule has 22 heavy (non-hydrogen) atoms. The summed E-state index contributed by atoms with van der Waals surface area (Å²) < 4.78 is 56.9. The minimum Gasteiger partial charge on any atom is -0.491 e. The molecule has 122 valence electrons. The normalized spacial score (nSPS) is 33.5. The van der Waals surface area contributed by atoms with Crippen LogP contribution in [0.3, 0.4) is 0 Å². The molecule has 1 N–H and O–H groups in total. The number of sulfone groups is 1. The van der Waals surface area contributed by atoms with E-state index in [1.807, 2.05) is 0 Å². The average Bonchev–Trinajstić information content (AvgIpc) is 2.40. The third-order valence-corrected chi connectivity index (χ3v) is 7.52. The van der Waals surface area contributed by atoms with Gasteiger partial charge in [-0.2, -0.15) is 0 Å². The molecule has 0 radical (unpaired) electrons. The van der Waals surface area contributed by atoms with Crippen molar-refractivity contribution in [1.29, 1.82) is 0 Å². The fraction of sp³-hybridized carbons (Fsp3) is 0.600. The van der Waals surface area contributed by atoms with Gasteiger partial charge in [-0.3, -0.25) is 0 Å². The summed E-state index contributed by atoms with van der Waals surface area (Å²) in [5.41, 5.74) is -1.44. The number of aliphatic hydroxyl groups is 1. The third-order valence-electron chi connectivity index (χ3n) is 4.85. The van der Waals surface area contributed by atoms with E-state index in [9.17, 15) is 22.3 Å². The Balaban J connectivity index is 2.02. The molecule has 1 aromatic rings. The van der Waals surface area contributed by atoms with Crippen molar-refractivity contribution in [3.05, 3.63) is 29.3 Å². The molecule has 0 amide bonds. The molecule has 0 saturated carbocycles. The van der Waals surface area contributed by atoms with Crippen molar-refractivity contribution in [3.63, 3.8) is 0 Å². The number of methoxy groups -OCH3 is 1.